The Bertz CT molecular complexity index is 356. The summed E-state index contributed by atoms with van der Waals surface area (Å²) in [6.45, 7) is 5.64. The smallest absolute Gasteiger partial charge is 0.122 e. The average molecular weight is 249 g/mol. The first kappa shape index (κ1) is 13.6. The number of imidazole rings is 1. The molecule has 0 aromatic carbocycles. The van der Waals surface area contributed by atoms with Crippen molar-refractivity contribution in [2.24, 2.45) is 18.9 Å². The third-order valence-corrected chi connectivity index (χ3v) is 4.43. The second-order valence-corrected chi connectivity index (χ2v) is 6.04. The topological polar surface area (TPSA) is 29.9 Å². The van der Waals surface area contributed by atoms with Crippen molar-refractivity contribution < 1.29 is 0 Å². The number of hydrogen-bond acceptors (Lipinski definition) is 2. The normalized spacial score (nSPS) is 25.3. The Labute approximate surface area is 111 Å². The molecule has 1 fully saturated rings. The molecule has 1 saturated carbocycles. The van der Waals surface area contributed by atoms with Gasteiger partial charge >= 0.3 is 0 Å². The Balaban J connectivity index is 1.79. The standard InChI is InChI=1S/C15H27N3/c1-12(2)13-5-4-6-14(8-7-13)17-11-15-16-9-10-18(15)3/h9-10,12-14,17H,4-8,11H2,1-3H3. The van der Waals surface area contributed by atoms with Crippen molar-refractivity contribution in [3.05, 3.63) is 18.2 Å². The van der Waals surface area contributed by atoms with E-state index in [2.05, 4.69) is 35.8 Å². The van der Waals surface area contributed by atoms with Gasteiger partial charge in [0.15, 0.2) is 0 Å². The third kappa shape index (κ3) is 3.58. The zero-order chi connectivity index (χ0) is 13.0. The number of aryl methyl sites for hydroxylation is 1. The number of aromatic nitrogens is 2. The van der Waals surface area contributed by atoms with Crippen molar-refractivity contribution in [3.8, 4) is 0 Å². The maximum atomic E-state index is 4.37. The maximum absolute atomic E-state index is 4.37. The minimum atomic E-state index is 0.686. The van der Waals surface area contributed by atoms with Crippen LogP contribution in [-0.2, 0) is 13.6 Å². The summed E-state index contributed by atoms with van der Waals surface area (Å²) in [6.07, 6.45) is 10.7. The van der Waals surface area contributed by atoms with E-state index in [-0.39, 0.29) is 0 Å². The highest BCUT2D eigenvalue weighted by molar-refractivity contribution is 4.91. The Hall–Kier alpha value is -0.830. The second-order valence-electron chi connectivity index (χ2n) is 6.04. The van der Waals surface area contributed by atoms with Crippen molar-refractivity contribution in [2.75, 3.05) is 0 Å². The number of nitrogens with one attached hydrogen (secondary N) is 1. The molecule has 1 aliphatic carbocycles. The van der Waals surface area contributed by atoms with E-state index in [1.54, 1.807) is 0 Å². The van der Waals surface area contributed by atoms with Gasteiger partial charge in [0.05, 0.1) is 6.54 Å². The molecule has 3 nitrogen and oxygen atoms in total. The largest absolute Gasteiger partial charge is 0.337 e. The molecule has 1 N–H and O–H groups in total. The van der Waals surface area contributed by atoms with E-state index in [0.29, 0.717) is 6.04 Å². The highest BCUT2D eigenvalue weighted by atomic mass is 15.1. The maximum Gasteiger partial charge on any atom is 0.122 e. The molecule has 3 heteroatoms. The van der Waals surface area contributed by atoms with E-state index < -0.39 is 0 Å². The molecule has 2 atom stereocenters. The lowest BCUT2D eigenvalue weighted by atomic mass is 9.89. The number of nitrogens with zero attached hydrogens (tertiary/aromatic N) is 2. The van der Waals surface area contributed by atoms with Gasteiger partial charge in [-0.25, -0.2) is 4.98 Å². The molecule has 2 rings (SSSR count). The lowest BCUT2D eigenvalue weighted by Crippen LogP contribution is -2.29. The Morgan fingerprint density at radius 2 is 2.17 bits per heavy atom. The van der Waals surface area contributed by atoms with Crippen LogP contribution in [0.1, 0.15) is 51.8 Å². The number of rotatable bonds is 4. The first-order chi connectivity index (χ1) is 8.66. The van der Waals surface area contributed by atoms with E-state index in [9.17, 15) is 0 Å². The molecule has 102 valence electrons. The van der Waals surface area contributed by atoms with Gasteiger partial charge in [0.1, 0.15) is 5.82 Å². The molecule has 0 spiro atoms. The van der Waals surface area contributed by atoms with Gasteiger partial charge in [-0.2, -0.15) is 0 Å². The highest BCUT2D eigenvalue weighted by Gasteiger charge is 2.20. The summed E-state index contributed by atoms with van der Waals surface area (Å²) < 4.78 is 2.10. The molecule has 0 radical (unpaired) electrons. The van der Waals surface area contributed by atoms with Crippen LogP contribution in [0.15, 0.2) is 12.4 Å². The third-order valence-electron chi connectivity index (χ3n) is 4.43. The molecule has 0 amide bonds. The first-order valence-electron chi connectivity index (χ1n) is 7.36. The summed E-state index contributed by atoms with van der Waals surface area (Å²) in [5.41, 5.74) is 0. The zero-order valence-corrected chi connectivity index (χ0v) is 12.0. The molecule has 1 heterocycles. The fraction of sp³-hybridized carbons (Fsp3) is 0.800. The molecule has 0 saturated heterocycles. The van der Waals surface area contributed by atoms with Gasteiger partial charge < -0.3 is 9.88 Å². The predicted octanol–water partition coefficient (Wildman–Crippen LogP) is 3.11. The van der Waals surface area contributed by atoms with E-state index in [4.69, 9.17) is 0 Å². The molecular weight excluding hydrogens is 222 g/mol. The van der Waals surface area contributed by atoms with E-state index in [1.807, 2.05) is 12.4 Å². The van der Waals surface area contributed by atoms with Gasteiger partial charge in [-0.15, -0.1) is 0 Å². The quantitative estimate of drug-likeness (QED) is 0.831. The second kappa shape index (κ2) is 6.37. The van der Waals surface area contributed by atoms with Crippen molar-refractivity contribution in [3.63, 3.8) is 0 Å². The van der Waals surface area contributed by atoms with Crippen LogP contribution in [0.2, 0.25) is 0 Å². The van der Waals surface area contributed by atoms with Crippen LogP contribution in [-0.4, -0.2) is 15.6 Å². The lowest BCUT2D eigenvalue weighted by molar-refractivity contribution is 0.337. The summed E-state index contributed by atoms with van der Waals surface area (Å²) >= 11 is 0. The molecule has 1 aliphatic rings. The van der Waals surface area contributed by atoms with Crippen molar-refractivity contribution in [1.82, 2.24) is 14.9 Å². The lowest BCUT2D eigenvalue weighted by Gasteiger charge is -2.19. The molecule has 1 aromatic rings. The summed E-state index contributed by atoms with van der Waals surface area (Å²) in [5, 5.41) is 3.68. The van der Waals surface area contributed by atoms with Gasteiger partial charge in [-0.1, -0.05) is 26.7 Å². The molecule has 0 aliphatic heterocycles. The summed E-state index contributed by atoms with van der Waals surface area (Å²) in [6, 6.07) is 0.686. The Kier molecular flexibility index (Phi) is 4.81. The molecule has 18 heavy (non-hydrogen) atoms. The summed E-state index contributed by atoms with van der Waals surface area (Å²) in [7, 11) is 2.06. The average Bonchev–Trinajstić information content (AvgIpc) is 2.62. The monoisotopic (exact) mass is 249 g/mol. The van der Waals surface area contributed by atoms with Gasteiger partial charge in [0.25, 0.3) is 0 Å². The Morgan fingerprint density at radius 3 is 2.83 bits per heavy atom. The van der Waals surface area contributed by atoms with Crippen molar-refractivity contribution in [1.29, 1.82) is 0 Å². The SMILES string of the molecule is CC(C)C1CCCC(NCc2nccn2C)CC1. The van der Waals surface area contributed by atoms with Gasteiger partial charge in [-0.3, -0.25) is 0 Å². The predicted molar refractivity (Wildman–Crippen MR) is 75.2 cm³/mol. The minimum absolute atomic E-state index is 0.686. The van der Waals surface area contributed by atoms with Crippen LogP contribution < -0.4 is 5.32 Å². The zero-order valence-electron chi connectivity index (χ0n) is 12.0. The van der Waals surface area contributed by atoms with Gasteiger partial charge in [0.2, 0.25) is 0 Å². The highest BCUT2D eigenvalue weighted by Crippen LogP contribution is 2.28. The molecular formula is C15H27N3. The van der Waals surface area contributed by atoms with E-state index in [0.717, 1.165) is 24.2 Å². The van der Waals surface area contributed by atoms with E-state index in [1.165, 1.54) is 32.1 Å². The van der Waals surface area contributed by atoms with Crippen LogP contribution in [0.25, 0.3) is 0 Å². The van der Waals surface area contributed by atoms with Crippen LogP contribution in [0.5, 0.6) is 0 Å². The minimum Gasteiger partial charge on any atom is -0.337 e. The van der Waals surface area contributed by atoms with Crippen LogP contribution >= 0.6 is 0 Å². The fourth-order valence-corrected chi connectivity index (χ4v) is 3.00. The van der Waals surface area contributed by atoms with Gasteiger partial charge in [-0.05, 0) is 31.1 Å². The van der Waals surface area contributed by atoms with Crippen LogP contribution in [0.4, 0.5) is 0 Å². The molecule has 0 bridgehead atoms. The first-order valence-corrected chi connectivity index (χ1v) is 7.36. The summed E-state index contributed by atoms with van der Waals surface area (Å²) in [4.78, 5) is 4.37. The molecule has 1 aromatic heterocycles. The number of hydrogen-bond donors (Lipinski definition) is 1. The fourth-order valence-electron chi connectivity index (χ4n) is 3.00. The van der Waals surface area contributed by atoms with Crippen molar-refractivity contribution >= 4 is 0 Å². The van der Waals surface area contributed by atoms with Gasteiger partial charge in [0, 0.05) is 25.5 Å². The molecule has 2 unspecified atom stereocenters. The summed E-state index contributed by atoms with van der Waals surface area (Å²) in [5.74, 6) is 2.92. The van der Waals surface area contributed by atoms with Crippen LogP contribution in [0, 0.1) is 11.8 Å². The van der Waals surface area contributed by atoms with E-state index >= 15 is 0 Å². The van der Waals surface area contributed by atoms with Crippen molar-refractivity contribution in [2.45, 2.75) is 58.5 Å². The van der Waals surface area contributed by atoms with Crippen LogP contribution in [0.3, 0.4) is 0 Å². The Morgan fingerprint density at radius 1 is 1.33 bits per heavy atom.